The summed E-state index contributed by atoms with van der Waals surface area (Å²) in [5.74, 6) is -0.300. The van der Waals surface area contributed by atoms with Crippen molar-refractivity contribution in [2.24, 2.45) is 0 Å². The molecule has 1 aromatic heterocycles. The Morgan fingerprint density at radius 1 is 1.23 bits per heavy atom. The van der Waals surface area contributed by atoms with Gasteiger partial charge >= 0.3 is 0 Å². The Morgan fingerprint density at radius 3 is 2.77 bits per heavy atom. The van der Waals surface area contributed by atoms with Gasteiger partial charge in [0.15, 0.2) is 6.61 Å². The van der Waals surface area contributed by atoms with Crippen molar-refractivity contribution in [1.29, 1.82) is 0 Å². The van der Waals surface area contributed by atoms with Crippen molar-refractivity contribution in [3.63, 3.8) is 0 Å². The Hall–Kier alpha value is -3.20. The van der Waals surface area contributed by atoms with Crippen LogP contribution < -0.4 is 20.9 Å². The lowest BCUT2D eigenvalue weighted by molar-refractivity contribution is -0.122. The number of aromatic nitrogens is 2. The summed E-state index contributed by atoms with van der Waals surface area (Å²) >= 11 is 0. The van der Waals surface area contributed by atoms with E-state index in [1.807, 2.05) is 0 Å². The summed E-state index contributed by atoms with van der Waals surface area (Å²) in [6.45, 7) is 0.432. The topological polar surface area (TPSA) is 112 Å². The first-order chi connectivity index (χ1) is 12.5. The smallest absolute Gasteiger partial charge is 0.276 e. The first-order valence-corrected chi connectivity index (χ1v) is 7.85. The zero-order valence-corrected chi connectivity index (χ0v) is 14.5. The zero-order valence-electron chi connectivity index (χ0n) is 14.5. The molecular weight excluding hydrogens is 340 g/mol. The van der Waals surface area contributed by atoms with Gasteiger partial charge in [0.05, 0.1) is 13.2 Å². The van der Waals surface area contributed by atoms with Crippen LogP contribution in [-0.2, 0) is 16.1 Å². The Balaban J connectivity index is 2.07. The van der Waals surface area contributed by atoms with Crippen LogP contribution in [0.2, 0.25) is 0 Å². The van der Waals surface area contributed by atoms with Gasteiger partial charge in [-0.1, -0.05) is 6.07 Å². The largest absolute Gasteiger partial charge is 0.484 e. The first kappa shape index (κ1) is 19.1. The van der Waals surface area contributed by atoms with E-state index >= 15 is 0 Å². The molecule has 2 rings (SSSR count). The van der Waals surface area contributed by atoms with Crippen LogP contribution in [0.5, 0.6) is 5.75 Å². The van der Waals surface area contributed by atoms with Crippen molar-refractivity contribution in [2.75, 3.05) is 32.7 Å². The monoisotopic (exact) mass is 360 g/mol. The highest BCUT2D eigenvalue weighted by molar-refractivity contribution is 6.02. The van der Waals surface area contributed by atoms with Crippen LogP contribution in [-0.4, -0.2) is 49.0 Å². The summed E-state index contributed by atoms with van der Waals surface area (Å²) in [4.78, 5) is 35.3. The number of anilines is 1. The fourth-order valence-corrected chi connectivity index (χ4v) is 1.99. The molecule has 0 saturated heterocycles. The number of amides is 2. The van der Waals surface area contributed by atoms with E-state index in [-0.39, 0.29) is 30.3 Å². The highest BCUT2D eigenvalue weighted by Crippen LogP contribution is 2.17. The number of nitrogens with one attached hydrogen (secondary N) is 2. The van der Waals surface area contributed by atoms with E-state index in [1.165, 1.54) is 31.0 Å². The third-order valence-electron chi connectivity index (χ3n) is 3.35. The lowest BCUT2D eigenvalue weighted by atomic mass is 10.3. The van der Waals surface area contributed by atoms with Gasteiger partial charge < -0.3 is 20.1 Å². The van der Waals surface area contributed by atoms with Gasteiger partial charge in [0.1, 0.15) is 11.4 Å². The van der Waals surface area contributed by atoms with Crippen LogP contribution in [0, 0.1) is 0 Å². The summed E-state index contributed by atoms with van der Waals surface area (Å²) in [6, 6.07) is 9.24. The number of nitrogens with zero attached hydrogens (tertiary/aromatic N) is 2. The van der Waals surface area contributed by atoms with E-state index in [2.05, 4.69) is 15.7 Å². The lowest BCUT2D eigenvalue weighted by Crippen LogP contribution is -2.27. The maximum Gasteiger partial charge on any atom is 0.276 e. The highest BCUT2D eigenvalue weighted by Gasteiger charge is 2.11. The second-order valence-electron chi connectivity index (χ2n) is 5.22. The highest BCUT2D eigenvalue weighted by atomic mass is 16.5. The van der Waals surface area contributed by atoms with Gasteiger partial charge in [-0.3, -0.25) is 14.4 Å². The number of methoxy groups -OCH3 is 1. The van der Waals surface area contributed by atoms with Crippen LogP contribution in [0.25, 0.3) is 0 Å². The van der Waals surface area contributed by atoms with E-state index < -0.39 is 5.91 Å². The van der Waals surface area contributed by atoms with E-state index in [9.17, 15) is 14.4 Å². The molecule has 2 N–H and O–H groups in total. The molecule has 0 radical (unpaired) electrons. The van der Waals surface area contributed by atoms with Gasteiger partial charge in [-0.05, 0) is 18.2 Å². The van der Waals surface area contributed by atoms with Crippen LogP contribution in [0.15, 0.2) is 41.2 Å². The molecule has 0 bridgehead atoms. The molecule has 0 fully saturated rings. The quantitative estimate of drug-likeness (QED) is 0.699. The number of carbonyl (C=O) groups excluding carboxylic acids is 2. The fourth-order valence-electron chi connectivity index (χ4n) is 1.99. The van der Waals surface area contributed by atoms with E-state index in [1.54, 1.807) is 24.3 Å². The van der Waals surface area contributed by atoms with Gasteiger partial charge in [0.2, 0.25) is 0 Å². The molecule has 138 valence electrons. The Morgan fingerprint density at radius 2 is 2.04 bits per heavy atom. The van der Waals surface area contributed by atoms with Crippen LogP contribution in [0.1, 0.15) is 10.5 Å². The first-order valence-electron chi connectivity index (χ1n) is 7.85. The molecular formula is C17H20N4O5. The number of benzene rings is 1. The molecule has 0 aliphatic heterocycles. The Bertz CT molecular complexity index is 834. The maximum atomic E-state index is 12.3. The van der Waals surface area contributed by atoms with Gasteiger partial charge in [-0.2, -0.15) is 5.10 Å². The molecule has 0 atom stereocenters. The number of rotatable bonds is 8. The molecule has 9 nitrogen and oxygen atoms in total. The average molecular weight is 360 g/mol. The molecule has 0 saturated carbocycles. The summed E-state index contributed by atoms with van der Waals surface area (Å²) in [7, 11) is 3.03. The summed E-state index contributed by atoms with van der Waals surface area (Å²) in [6.07, 6.45) is 0. The SMILES string of the molecule is CNC(=O)COc1cccc(NC(=O)c2ccc(=O)n(CCOC)n2)c1. The predicted octanol–water partition coefficient (Wildman–Crippen LogP) is 0.267. The Labute approximate surface area is 149 Å². The molecule has 1 heterocycles. The molecule has 2 amide bonds. The standard InChI is InChI=1S/C17H20N4O5/c1-18-15(22)11-26-13-5-3-4-12(10-13)19-17(24)14-6-7-16(23)21(20-14)8-9-25-2/h3-7,10H,8-9,11H2,1-2H3,(H,18,22)(H,19,24). The second kappa shape index (κ2) is 9.33. The van der Waals surface area contributed by atoms with Gasteiger partial charge in [0.25, 0.3) is 17.4 Å². The number of hydrogen-bond acceptors (Lipinski definition) is 6. The summed E-state index contributed by atoms with van der Waals surface area (Å²) in [5, 5.41) is 9.15. The van der Waals surface area contributed by atoms with Crippen molar-refractivity contribution in [3.05, 3.63) is 52.4 Å². The van der Waals surface area contributed by atoms with Crippen molar-refractivity contribution in [1.82, 2.24) is 15.1 Å². The van der Waals surface area contributed by atoms with Crippen molar-refractivity contribution in [3.8, 4) is 5.75 Å². The fraction of sp³-hybridized carbons (Fsp3) is 0.294. The molecule has 0 aliphatic rings. The van der Waals surface area contributed by atoms with Crippen molar-refractivity contribution < 1.29 is 19.1 Å². The Kier molecular flexibility index (Phi) is 6.86. The summed E-state index contributed by atoms with van der Waals surface area (Å²) < 4.78 is 11.4. The van der Waals surface area contributed by atoms with Crippen molar-refractivity contribution >= 4 is 17.5 Å². The molecule has 1 aromatic carbocycles. The molecule has 0 unspecified atom stereocenters. The number of carbonyl (C=O) groups is 2. The number of ether oxygens (including phenoxy) is 2. The minimum atomic E-state index is -0.473. The minimum Gasteiger partial charge on any atom is -0.484 e. The normalized spacial score (nSPS) is 10.2. The van der Waals surface area contributed by atoms with Crippen LogP contribution in [0.4, 0.5) is 5.69 Å². The molecule has 26 heavy (non-hydrogen) atoms. The number of hydrogen-bond donors (Lipinski definition) is 2. The molecule has 2 aromatic rings. The van der Waals surface area contributed by atoms with Gasteiger partial charge in [-0.25, -0.2) is 4.68 Å². The maximum absolute atomic E-state index is 12.3. The van der Waals surface area contributed by atoms with Crippen LogP contribution in [0.3, 0.4) is 0 Å². The summed E-state index contributed by atoms with van der Waals surface area (Å²) in [5.41, 5.74) is 0.251. The third kappa shape index (κ3) is 5.42. The molecule has 0 aliphatic carbocycles. The minimum absolute atomic E-state index is 0.0948. The molecule has 9 heteroatoms. The van der Waals surface area contributed by atoms with Crippen LogP contribution >= 0.6 is 0 Å². The predicted molar refractivity (Wildman–Crippen MR) is 94.3 cm³/mol. The van der Waals surface area contributed by atoms with Gasteiger partial charge in [0, 0.05) is 32.0 Å². The second-order valence-corrected chi connectivity index (χ2v) is 5.22. The zero-order chi connectivity index (χ0) is 18.9. The number of likely N-dealkylation sites (N-methyl/N-ethyl adjacent to an activating group) is 1. The molecule has 0 spiro atoms. The lowest BCUT2D eigenvalue weighted by Gasteiger charge is -2.09. The van der Waals surface area contributed by atoms with E-state index in [0.717, 1.165) is 0 Å². The van der Waals surface area contributed by atoms with Crippen molar-refractivity contribution in [2.45, 2.75) is 6.54 Å². The van der Waals surface area contributed by atoms with Gasteiger partial charge in [-0.15, -0.1) is 0 Å². The average Bonchev–Trinajstić information content (AvgIpc) is 2.65. The van der Waals surface area contributed by atoms with E-state index in [0.29, 0.717) is 18.0 Å². The third-order valence-corrected chi connectivity index (χ3v) is 3.35. The van der Waals surface area contributed by atoms with E-state index in [4.69, 9.17) is 9.47 Å².